The van der Waals surface area contributed by atoms with Gasteiger partial charge in [0, 0.05) is 25.4 Å². The number of hydrogen-bond donors (Lipinski definition) is 3. The minimum Gasteiger partial charge on any atom is -0.396 e. The van der Waals surface area contributed by atoms with Crippen LogP contribution in [-0.2, 0) is 16.6 Å². The normalized spacial score (nSPS) is 23.9. The third-order valence-electron chi connectivity index (χ3n) is 3.82. The molecular weight excluding hydrogens is 280 g/mol. The van der Waals surface area contributed by atoms with Gasteiger partial charge in [0.05, 0.1) is 0 Å². The number of nitrogens with one attached hydrogen (secondary N) is 1. The monoisotopic (exact) mass is 302 g/mol. The Morgan fingerprint density at radius 2 is 2.20 bits per heavy atom. The third-order valence-corrected chi connectivity index (χ3v) is 5.33. The van der Waals surface area contributed by atoms with Crippen molar-refractivity contribution in [3.63, 3.8) is 0 Å². The molecule has 0 amide bonds. The Balaban J connectivity index is 2.19. The molecule has 20 heavy (non-hydrogen) atoms. The molecule has 0 radical (unpaired) electrons. The number of aromatic nitrogens is 2. The van der Waals surface area contributed by atoms with Crippen LogP contribution >= 0.6 is 0 Å². The van der Waals surface area contributed by atoms with Gasteiger partial charge >= 0.3 is 0 Å². The topological polar surface area (TPSA) is 110 Å². The van der Waals surface area contributed by atoms with E-state index >= 15 is 0 Å². The zero-order valence-electron chi connectivity index (χ0n) is 11.6. The van der Waals surface area contributed by atoms with Crippen molar-refractivity contribution < 1.29 is 13.5 Å². The zero-order valence-corrected chi connectivity index (χ0v) is 12.4. The molecule has 4 N–H and O–H groups in total. The largest absolute Gasteiger partial charge is 0.396 e. The van der Waals surface area contributed by atoms with Crippen LogP contribution in [0.4, 0.5) is 5.82 Å². The fraction of sp³-hybridized carbons (Fsp3) is 0.750. The maximum absolute atomic E-state index is 12.4. The Hall–Kier alpha value is -1.12. The molecule has 0 bridgehead atoms. The Morgan fingerprint density at radius 3 is 2.80 bits per heavy atom. The maximum atomic E-state index is 12.4. The lowest BCUT2D eigenvalue weighted by molar-refractivity contribution is 0.164. The number of aliphatic hydroxyl groups excluding tert-OH is 1. The molecule has 1 aliphatic rings. The lowest BCUT2D eigenvalue weighted by atomic mass is 9.86. The zero-order chi connectivity index (χ0) is 14.8. The fourth-order valence-electron chi connectivity index (χ4n) is 2.63. The quantitative estimate of drug-likeness (QED) is 0.725. The van der Waals surface area contributed by atoms with Gasteiger partial charge in [-0.05, 0) is 25.7 Å². The lowest BCUT2D eigenvalue weighted by Gasteiger charge is -2.30. The summed E-state index contributed by atoms with van der Waals surface area (Å²) < 4.78 is 28.9. The molecule has 2 atom stereocenters. The average Bonchev–Trinajstić information content (AvgIpc) is 2.81. The lowest BCUT2D eigenvalue weighted by Crippen LogP contribution is -2.43. The Kier molecular flexibility index (Phi) is 4.66. The molecule has 1 saturated carbocycles. The van der Waals surface area contributed by atoms with E-state index in [2.05, 4.69) is 9.82 Å². The number of nitrogens with zero attached hydrogens (tertiary/aromatic N) is 2. The maximum Gasteiger partial charge on any atom is 0.246 e. The third kappa shape index (κ3) is 3.13. The molecule has 0 aromatic carbocycles. The van der Waals surface area contributed by atoms with E-state index in [4.69, 9.17) is 5.73 Å². The number of rotatable bonds is 5. The average molecular weight is 302 g/mol. The number of aryl methyl sites for hydroxylation is 1. The number of anilines is 1. The Bertz CT molecular complexity index is 555. The fourth-order valence-corrected chi connectivity index (χ4v) is 4.04. The van der Waals surface area contributed by atoms with Gasteiger partial charge in [-0.1, -0.05) is 12.8 Å². The highest BCUT2D eigenvalue weighted by molar-refractivity contribution is 7.89. The minimum atomic E-state index is -3.69. The molecule has 8 heteroatoms. The summed E-state index contributed by atoms with van der Waals surface area (Å²) in [6.07, 6.45) is 5.01. The summed E-state index contributed by atoms with van der Waals surface area (Å²) in [5, 5.41) is 13.3. The van der Waals surface area contributed by atoms with E-state index in [9.17, 15) is 13.5 Å². The van der Waals surface area contributed by atoms with E-state index in [0.29, 0.717) is 6.54 Å². The van der Waals surface area contributed by atoms with Gasteiger partial charge in [0.15, 0.2) is 5.82 Å². The molecule has 2 unspecified atom stereocenters. The van der Waals surface area contributed by atoms with Crippen LogP contribution in [0, 0.1) is 5.92 Å². The Labute approximate surface area is 119 Å². The molecule has 1 aromatic rings. The first-order chi connectivity index (χ1) is 9.47. The highest BCUT2D eigenvalue weighted by atomic mass is 32.2. The summed E-state index contributed by atoms with van der Waals surface area (Å²) in [5.74, 6) is -0.0170. The van der Waals surface area contributed by atoms with Crippen LogP contribution in [0.5, 0.6) is 0 Å². The van der Waals surface area contributed by atoms with Gasteiger partial charge in [0.2, 0.25) is 10.0 Å². The molecule has 7 nitrogen and oxygen atoms in total. The number of nitrogen functional groups attached to an aromatic ring is 1. The molecule has 1 fully saturated rings. The first-order valence-corrected chi connectivity index (χ1v) is 8.42. The highest BCUT2D eigenvalue weighted by Gasteiger charge is 2.30. The van der Waals surface area contributed by atoms with Gasteiger partial charge in [0.25, 0.3) is 0 Å². The van der Waals surface area contributed by atoms with E-state index < -0.39 is 10.0 Å². The van der Waals surface area contributed by atoms with Gasteiger partial charge in [-0.3, -0.25) is 4.68 Å². The van der Waals surface area contributed by atoms with Crippen molar-refractivity contribution >= 4 is 15.8 Å². The van der Waals surface area contributed by atoms with Gasteiger partial charge in [-0.25, -0.2) is 13.1 Å². The summed E-state index contributed by atoms with van der Waals surface area (Å²) in [6.45, 7) is 2.42. The predicted molar refractivity (Wildman–Crippen MR) is 75.5 cm³/mol. The summed E-state index contributed by atoms with van der Waals surface area (Å²) in [7, 11) is -3.69. The molecule has 1 heterocycles. The second kappa shape index (κ2) is 6.11. The standard InChI is InChI=1S/C12H22N4O3S/c1-2-16-7-11(12(13)14-16)20(18,19)15-10-6-4-3-5-9(10)8-17/h7,9-10,15,17H,2-6,8H2,1H3,(H2,13,14). The van der Waals surface area contributed by atoms with Gasteiger partial charge in [-0.15, -0.1) is 0 Å². The second-order valence-corrected chi connectivity index (χ2v) is 6.87. The molecule has 0 spiro atoms. The minimum absolute atomic E-state index is 0.00308. The van der Waals surface area contributed by atoms with Crippen molar-refractivity contribution in [3.05, 3.63) is 6.20 Å². The number of hydrogen-bond acceptors (Lipinski definition) is 5. The van der Waals surface area contributed by atoms with Gasteiger partial charge < -0.3 is 10.8 Å². The van der Waals surface area contributed by atoms with Crippen molar-refractivity contribution in [2.75, 3.05) is 12.3 Å². The van der Waals surface area contributed by atoms with Crippen LogP contribution in [0.25, 0.3) is 0 Å². The predicted octanol–water partition coefficient (Wildman–Crippen LogP) is 0.315. The van der Waals surface area contributed by atoms with Crippen LogP contribution < -0.4 is 10.5 Å². The van der Waals surface area contributed by atoms with E-state index in [1.54, 1.807) is 0 Å². The first kappa shape index (κ1) is 15.3. The molecule has 0 saturated heterocycles. The number of nitrogens with two attached hydrogens (primary N) is 1. The van der Waals surface area contributed by atoms with Crippen molar-refractivity contribution in [2.45, 2.75) is 50.1 Å². The summed E-state index contributed by atoms with van der Waals surface area (Å²) in [5.41, 5.74) is 5.67. The van der Waals surface area contributed by atoms with Crippen LogP contribution in [0.2, 0.25) is 0 Å². The molecule has 2 rings (SSSR count). The summed E-state index contributed by atoms with van der Waals surface area (Å²) >= 11 is 0. The van der Waals surface area contributed by atoms with Crippen molar-refractivity contribution in [1.29, 1.82) is 0 Å². The van der Waals surface area contributed by atoms with Crippen LogP contribution in [0.3, 0.4) is 0 Å². The highest BCUT2D eigenvalue weighted by Crippen LogP contribution is 2.26. The smallest absolute Gasteiger partial charge is 0.246 e. The first-order valence-electron chi connectivity index (χ1n) is 6.94. The SMILES string of the molecule is CCn1cc(S(=O)(=O)NC2CCCCC2CO)c(N)n1. The van der Waals surface area contributed by atoms with Crippen molar-refractivity contribution in [2.24, 2.45) is 5.92 Å². The van der Waals surface area contributed by atoms with Crippen LogP contribution in [0.1, 0.15) is 32.6 Å². The van der Waals surface area contributed by atoms with Crippen molar-refractivity contribution in [3.8, 4) is 0 Å². The molecule has 0 aliphatic heterocycles. The summed E-state index contributed by atoms with van der Waals surface area (Å²) in [6, 6.07) is -0.233. The van der Waals surface area contributed by atoms with E-state index in [0.717, 1.165) is 25.7 Å². The van der Waals surface area contributed by atoms with Gasteiger partial charge in [0.1, 0.15) is 4.90 Å². The molecule has 1 aliphatic carbocycles. The van der Waals surface area contributed by atoms with E-state index in [1.165, 1.54) is 10.9 Å². The van der Waals surface area contributed by atoms with Gasteiger partial charge in [-0.2, -0.15) is 5.10 Å². The van der Waals surface area contributed by atoms with E-state index in [1.807, 2.05) is 6.92 Å². The number of sulfonamides is 1. The molecule has 114 valence electrons. The van der Waals surface area contributed by atoms with E-state index in [-0.39, 0.29) is 29.3 Å². The molecule has 1 aromatic heterocycles. The van der Waals surface area contributed by atoms with Crippen molar-refractivity contribution in [1.82, 2.24) is 14.5 Å². The Morgan fingerprint density at radius 1 is 1.50 bits per heavy atom. The second-order valence-electron chi connectivity index (χ2n) is 5.19. The summed E-state index contributed by atoms with van der Waals surface area (Å²) in [4.78, 5) is 0.0154. The van der Waals surface area contributed by atoms with Crippen LogP contribution in [0.15, 0.2) is 11.1 Å². The van der Waals surface area contributed by atoms with Crippen LogP contribution in [-0.4, -0.2) is 36.0 Å². The number of aliphatic hydroxyl groups is 1. The molecular formula is C12H22N4O3S.